The highest BCUT2D eigenvalue weighted by atomic mass is 15.2. The van der Waals surface area contributed by atoms with Crippen LogP contribution in [0.4, 0.5) is 0 Å². The van der Waals surface area contributed by atoms with Crippen LogP contribution in [0.1, 0.15) is 26.0 Å². The van der Waals surface area contributed by atoms with Gasteiger partial charge in [-0.1, -0.05) is 13.8 Å². The lowest BCUT2D eigenvalue weighted by molar-refractivity contribution is 0.344. The van der Waals surface area contributed by atoms with Crippen molar-refractivity contribution in [3.05, 3.63) is 18.0 Å². The summed E-state index contributed by atoms with van der Waals surface area (Å²) >= 11 is 0. The summed E-state index contributed by atoms with van der Waals surface area (Å²) in [5.74, 6) is 0. The zero-order valence-corrected chi connectivity index (χ0v) is 8.75. The Labute approximate surface area is 79.9 Å². The third-order valence-corrected chi connectivity index (χ3v) is 2.53. The monoisotopic (exact) mass is 181 g/mol. The molecule has 2 N–H and O–H groups in total. The van der Waals surface area contributed by atoms with Crippen LogP contribution in [0.2, 0.25) is 0 Å². The molecule has 0 saturated heterocycles. The van der Waals surface area contributed by atoms with Crippen LogP contribution in [-0.4, -0.2) is 16.3 Å². The number of hydrogen-bond acceptors (Lipinski definition) is 2. The van der Waals surface area contributed by atoms with Gasteiger partial charge in [0, 0.05) is 18.9 Å². The quantitative estimate of drug-likeness (QED) is 0.761. The first-order valence-corrected chi connectivity index (χ1v) is 4.72. The Morgan fingerprint density at radius 2 is 2.23 bits per heavy atom. The summed E-state index contributed by atoms with van der Waals surface area (Å²) in [6.45, 7) is 5.14. The Morgan fingerprint density at radius 1 is 1.54 bits per heavy atom. The summed E-state index contributed by atoms with van der Waals surface area (Å²) in [6.07, 6.45) is 4.01. The molecule has 1 aromatic heterocycles. The number of nitrogens with two attached hydrogens (primary N) is 1. The lowest BCUT2D eigenvalue weighted by Crippen LogP contribution is -2.24. The maximum absolute atomic E-state index is 5.66. The zero-order chi connectivity index (χ0) is 9.90. The molecule has 0 amide bonds. The maximum atomic E-state index is 5.66. The molecule has 0 aliphatic heterocycles. The Hall–Kier alpha value is -0.830. The van der Waals surface area contributed by atoms with Crippen LogP contribution >= 0.6 is 0 Å². The summed E-state index contributed by atoms with van der Waals surface area (Å²) in [6, 6.07) is 2.06. The van der Waals surface area contributed by atoms with Crippen molar-refractivity contribution in [2.75, 3.05) is 6.54 Å². The predicted octanol–water partition coefficient (Wildman–Crippen LogP) is 1.34. The van der Waals surface area contributed by atoms with Crippen molar-refractivity contribution in [1.29, 1.82) is 0 Å². The molecule has 0 fully saturated rings. The van der Waals surface area contributed by atoms with Gasteiger partial charge in [-0.25, -0.2) is 0 Å². The third-order valence-electron chi connectivity index (χ3n) is 2.53. The fourth-order valence-electron chi connectivity index (χ4n) is 1.22. The van der Waals surface area contributed by atoms with E-state index in [0.29, 0.717) is 0 Å². The van der Waals surface area contributed by atoms with E-state index in [9.17, 15) is 0 Å². The van der Waals surface area contributed by atoms with E-state index in [0.717, 1.165) is 19.4 Å². The summed E-state index contributed by atoms with van der Waals surface area (Å²) in [4.78, 5) is 0. The average Bonchev–Trinajstić information content (AvgIpc) is 2.48. The molecule has 1 heterocycles. The molecule has 1 aromatic rings. The molecule has 0 radical (unpaired) electrons. The first-order valence-electron chi connectivity index (χ1n) is 4.72. The summed E-state index contributed by atoms with van der Waals surface area (Å²) in [5.41, 5.74) is 7.18. The van der Waals surface area contributed by atoms with Crippen molar-refractivity contribution >= 4 is 0 Å². The van der Waals surface area contributed by atoms with Gasteiger partial charge in [0.15, 0.2) is 0 Å². The number of hydrogen-bond donors (Lipinski definition) is 1. The predicted molar refractivity (Wildman–Crippen MR) is 54.4 cm³/mol. The van der Waals surface area contributed by atoms with E-state index in [1.165, 1.54) is 5.69 Å². The fourth-order valence-corrected chi connectivity index (χ4v) is 1.22. The average molecular weight is 181 g/mol. The first-order chi connectivity index (χ1) is 6.05. The molecule has 3 heteroatoms. The van der Waals surface area contributed by atoms with E-state index >= 15 is 0 Å². The molecule has 0 aromatic carbocycles. The van der Waals surface area contributed by atoms with Crippen LogP contribution in [-0.2, 0) is 13.5 Å². The number of aromatic nitrogens is 2. The summed E-state index contributed by atoms with van der Waals surface area (Å²) in [5, 5.41) is 4.13. The summed E-state index contributed by atoms with van der Waals surface area (Å²) < 4.78 is 1.92. The molecule has 0 bridgehead atoms. The molecule has 3 nitrogen and oxygen atoms in total. The third kappa shape index (κ3) is 2.84. The number of rotatable bonds is 4. The van der Waals surface area contributed by atoms with Gasteiger partial charge in [-0.15, -0.1) is 0 Å². The number of nitrogens with zero attached hydrogens (tertiary/aromatic N) is 2. The van der Waals surface area contributed by atoms with Crippen LogP contribution < -0.4 is 5.73 Å². The van der Waals surface area contributed by atoms with E-state index < -0.39 is 0 Å². The molecule has 0 aliphatic rings. The molecule has 1 rings (SSSR count). The highest BCUT2D eigenvalue weighted by molar-refractivity contribution is 5.00. The van der Waals surface area contributed by atoms with Gasteiger partial charge in [0.05, 0.1) is 0 Å². The molecular weight excluding hydrogens is 162 g/mol. The standard InChI is InChI=1S/C10H19N3/c1-10(2,8-11)6-4-9-5-7-12-13(9)3/h5,7H,4,6,8,11H2,1-3H3. The normalized spacial score (nSPS) is 12.0. The van der Waals surface area contributed by atoms with Gasteiger partial charge in [0.1, 0.15) is 0 Å². The minimum absolute atomic E-state index is 0.240. The van der Waals surface area contributed by atoms with Gasteiger partial charge < -0.3 is 5.73 Å². The van der Waals surface area contributed by atoms with Gasteiger partial charge in [-0.2, -0.15) is 5.10 Å². The van der Waals surface area contributed by atoms with E-state index in [1.807, 2.05) is 17.9 Å². The molecule has 0 saturated carbocycles. The smallest absolute Gasteiger partial charge is 0.0492 e. The van der Waals surface area contributed by atoms with Crippen molar-refractivity contribution in [2.45, 2.75) is 26.7 Å². The molecule has 74 valence electrons. The van der Waals surface area contributed by atoms with Gasteiger partial charge in [0.25, 0.3) is 0 Å². The topological polar surface area (TPSA) is 43.8 Å². The lowest BCUT2D eigenvalue weighted by atomic mass is 9.87. The van der Waals surface area contributed by atoms with Crippen molar-refractivity contribution in [3.63, 3.8) is 0 Å². The first kappa shape index (κ1) is 10.3. The molecule has 0 atom stereocenters. The van der Waals surface area contributed by atoms with Crippen molar-refractivity contribution in [1.82, 2.24) is 9.78 Å². The second-order valence-electron chi connectivity index (χ2n) is 4.31. The molecule has 0 spiro atoms. The van der Waals surface area contributed by atoms with Gasteiger partial charge in [0.2, 0.25) is 0 Å². The second-order valence-corrected chi connectivity index (χ2v) is 4.31. The van der Waals surface area contributed by atoms with Crippen LogP contribution in [0, 0.1) is 5.41 Å². The second kappa shape index (κ2) is 3.92. The Kier molecular flexibility index (Phi) is 3.09. The van der Waals surface area contributed by atoms with Gasteiger partial charge in [-0.3, -0.25) is 4.68 Å². The maximum Gasteiger partial charge on any atom is 0.0492 e. The Bertz CT molecular complexity index is 263. The van der Waals surface area contributed by atoms with E-state index in [-0.39, 0.29) is 5.41 Å². The number of aryl methyl sites for hydroxylation is 2. The van der Waals surface area contributed by atoms with Gasteiger partial charge in [-0.05, 0) is 30.9 Å². The largest absolute Gasteiger partial charge is 0.330 e. The SMILES string of the molecule is Cn1nccc1CCC(C)(C)CN. The van der Waals surface area contributed by atoms with Crippen LogP contribution in [0.25, 0.3) is 0 Å². The van der Waals surface area contributed by atoms with Crippen LogP contribution in [0.5, 0.6) is 0 Å². The highest BCUT2D eigenvalue weighted by Crippen LogP contribution is 2.20. The summed E-state index contributed by atoms with van der Waals surface area (Å²) in [7, 11) is 1.98. The molecule has 0 aliphatic carbocycles. The minimum Gasteiger partial charge on any atom is -0.330 e. The minimum atomic E-state index is 0.240. The van der Waals surface area contributed by atoms with Crippen molar-refractivity contribution < 1.29 is 0 Å². The van der Waals surface area contributed by atoms with Crippen LogP contribution in [0.15, 0.2) is 12.3 Å². The Morgan fingerprint density at radius 3 is 2.69 bits per heavy atom. The molecular formula is C10H19N3. The highest BCUT2D eigenvalue weighted by Gasteiger charge is 2.15. The zero-order valence-electron chi connectivity index (χ0n) is 8.75. The molecule has 0 unspecified atom stereocenters. The van der Waals surface area contributed by atoms with E-state index in [4.69, 9.17) is 5.73 Å². The molecule has 13 heavy (non-hydrogen) atoms. The van der Waals surface area contributed by atoms with Crippen molar-refractivity contribution in [3.8, 4) is 0 Å². The fraction of sp³-hybridized carbons (Fsp3) is 0.700. The lowest BCUT2D eigenvalue weighted by Gasteiger charge is -2.21. The van der Waals surface area contributed by atoms with E-state index in [2.05, 4.69) is 25.0 Å². The van der Waals surface area contributed by atoms with Gasteiger partial charge >= 0.3 is 0 Å². The Balaban J connectivity index is 2.48. The van der Waals surface area contributed by atoms with Crippen LogP contribution in [0.3, 0.4) is 0 Å². The van der Waals surface area contributed by atoms with E-state index in [1.54, 1.807) is 0 Å². The van der Waals surface area contributed by atoms with Crippen molar-refractivity contribution in [2.24, 2.45) is 18.2 Å².